The van der Waals surface area contributed by atoms with Crippen LogP contribution in [0.2, 0.25) is 10.0 Å². The molecule has 0 amide bonds. The van der Waals surface area contributed by atoms with E-state index in [1.54, 1.807) is 24.7 Å². The lowest BCUT2D eigenvalue weighted by Gasteiger charge is -2.36. The summed E-state index contributed by atoms with van der Waals surface area (Å²) < 4.78 is 20.7. The normalized spacial score (nSPS) is 22.1. The van der Waals surface area contributed by atoms with Crippen molar-refractivity contribution >= 4 is 34.9 Å². The molecular formula is C30H36Cl2N4O5. The lowest BCUT2D eigenvalue weighted by molar-refractivity contribution is -0.189. The Balaban J connectivity index is 1.14. The smallest absolute Gasteiger partial charge is 0.306 e. The number of benzene rings is 2. The Morgan fingerprint density at radius 2 is 1.95 bits per heavy atom. The topological polar surface area (TPSA) is 89.3 Å². The summed E-state index contributed by atoms with van der Waals surface area (Å²) in [5, 5.41) is 10.3. The van der Waals surface area contributed by atoms with Gasteiger partial charge in [-0.15, -0.1) is 0 Å². The third-order valence-electron chi connectivity index (χ3n) is 7.80. The van der Waals surface area contributed by atoms with Crippen LogP contribution in [-0.4, -0.2) is 77.6 Å². The second kappa shape index (κ2) is 13.4. The molecule has 2 fully saturated rings. The highest BCUT2D eigenvalue weighted by atomic mass is 35.5. The van der Waals surface area contributed by atoms with E-state index < -0.39 is 11.8 Å². The predicted octanol–water partition coefficient (Wildman–Crippen LogP) is 5.16. The molecule has 3 aromatic rings. The van der Waals surface area contributed by atoms with Gasteiger partial charge < -0.3 is 28.8 Å². The molecule has 1 unspecified atom stereocenters. The van der Waals surface area contributed by atoms with Crippen LogP contribution in [0.1, 0.15) is 25.3 Å². The number of aliphatic carboxylic acids is 1. The lowest BCUT2D eigenvalue weighted by Crippen LogP contribution is -2.47. The summed E-state index contributed by atoms with van der Waals surface area (Å²) in [4.78, 5) is 20.1. The molecule has 1 aromatic heterocycles. The number of imidazole rings is 1. The van der Waals surface area contributed by atoms with E-state index >= 15 is 0 Å². The summed E-state index contributed by atoms with van der Waals surface area (Å²) in [6.45, 7) is 7.47. The fourth-order valence-corrected chi connectivity index (χ4v) is 5.94. The van der Waals surface area contributed by atoms with Crippen molar-refractivity contribution in [1.29, 1.82) is 0 Å². The quantitative estimate of drug-likeness (QED) is 0.304. The van der Waals surface area contributed by atoms with Crippen molar-refractivity contribution in [3.8, 4) is 5.75 Å². The van der Waals surface area contributed by atoms with Gasteiger partial charge in [-0.25, -0.2) is 4.98 Å². The molecule has 3 atom stereocenters. The number of piperazine rings is 1. The molecule has 9 nitrogen and oxygen atoms in total. The first-order valence-corrected chi connectivity index (χ1v) is 14.8. The Morgan fingerprint density at radius 1 is 1.17 bits per heavy atom. The number of hydrogen-bond acceptors (Lipinski definition) is 7. The minimum absolute atomic E-state index is 0.259. The van der Waals surface area contributed by atoms with Gasteiger partial charge in [0.15, 0.2) is 0 Å². The molecule has 41 heavy (non-hydrogen) atoms. The summed E-state index contributed by atoms with van der Waals surface area (Å²) >= 11 is 12.7. The molecule has 1 N–H and O–H groups in total. The minimum Gasteiger partial charge on any atom is -0.491 e. The van der Waals surface area contributed by atoms with Crippen LogP contribution in [0.5, 0.6) is 5.75 Å². The van der Waals surface area contributed by atoms with E-state index in [0.29, 0.717) is 48.2 Å². The van der Waals surface area contributed by atoms with Crippen molar-refractivity contribution in [1.82, 2.24) is 14.5 Å². The van der Waals surface area contributed by atoms with E-state index in [0.717, 1.165) is 44.2 Å². The van der Waals surface area contributed by atoms with Crippen LogP contribution in [-0.2, 0) is 26.6 Å². The van der Waals surface area contributed by atoms with Gasteiger partial charge >= 0.3 is 5.97 Å². The second-order valence-corrected chi connectivity index (χ2v) is 11.4. The largest absolute Gasteiger partial charge is 0.491 e. The Kier molecular flexibility index (Phi) is 9.72. The van der Waals surface area contributed by atoms with Crippen molar-refractivity contribution in [2.45, 2.75) is 38.2 Å². The number of rotatable bonds is 12. The van der Waals surface area contributed by atoms with E-state index in [2.05, 4.69) is 26.9 Å². The molecule has 11 heteroatoms. The number of anilines is 1. The van der Waals surface area contributed by atoms with Crippen molar-refractivity contribution in [3.63, 3.8) is 0 Å². The average Bonchev–Trinajstić information content (AvgIpc) is 3.63. The van der Waals surface area contributed by atoms with Gasteiger partial charge in [0.25, 0.3) is 0 Å². The van der Waals surface area contributed by atoms with Crippen molar-refractivity contribution in [3.05, 3.63) is 76.8 Å². The SMILES string of the molecule is CCC(CCN1CCN(c2ccc(OC[C@@H]3CO[C@@](Cn4ccnc4)(c4ccc(Cl)cc4Cl)O3)cc2)CC1)C(=O)O. The van der Waals surface area contributed by atoms with Crippen LogP contribution in [0.15, 0.2) is 61.2 Å². The zero-order valence-corrected chi connectivity index (χ0v) is 24.6. The average molecular weight is 604 g/mol. The Hall–Kier alpha value is -2.82. The maximum absolute atomic E-state index is 11.3. The van der Waals surface area contributed by atoms with Gasteiger partial charge in [-0.2, -0.15) is 0 Å². The van der Waals surface area contributed by atoms with Crippen molar-refractivity contribution in [2.75, 3.05) is 50.8 Å². The molecule has 2 aliphatic heterocycles. The van der Waals surface area contributed by atoms with Gasteiger partial charge in [-0.1, -0.05) is 36.2 Å². The number of hydrogen-bond donors (Lipinski definition) is 1. The van der Waals surface area contributed by atoms with Gasteiger partial charge in [0.1, 0.15) is 18.5 Å². The molecule has 2 aromatic carbocycles. The first-order chi connectivity index (χ1) is 19.8. The highest BCUT2D eigenvalue weighted by molar-refractivity contribution is 6.35. The first-order valence-electron chi connectivity index (χ1n) is 14.0. The standard InChI is InChI=1S/C30H36Cl2N4O5/c1-2-22(29(37)38)9-11-34-13-15-36(16-14-34)24-4-6-25(7-5-24)39-18-26-19-40-30(41-26,20-35-12-10-33-21-35)27-8-3-23(31)17-28(27)32/h3-8,10,12,17,21-22,26H,2,9,11,13-16,18-20H2,1H3,(H,37,38)/t22?,26-,30-/m1/s1. The van der Waals surface area contributed by atoms with Crippen LogP contribution in [0.4, 0.5) is 5.69 Å². The summed E-state index contributed by atoms with van der Waals surface area (Å²) in [6.07, 6.45) is 6.35. The van der Waals surface area contributed by atoms with Gasteiger partial charge in [0.05, 0.1) is 30.4 Å². The first kappa shape index (κ1) is 29.7. The zero-order chi connectivity index (χ0) is 28.8. The van der Waals surface area contributed by atoms with Crippen LogP contribution in [0.3, 0.4) is 0 Å². The molecular weight excluding hydrogens is 567 g/mol. The molecule has 5 rings (SSSR count). The Morgan fingerprint density at radius 3 is 2.61 bits per heavy atom. The highest BCUT2D eigenvalue weighted by Crippen LogP contribution is 2.40. The van der Waals surface area contributed by atoms with Gasteiger partial charge in [0.2, 0.25) is 5.79 Å². The van der Waals surface area contributed by atoms with E-state index in [9.17, 15) is 9.90 Å². The number of nitrogens with zero attached hydrogens (tertiary/aromatic N) is 4. The summed E-state index contributed by atoms with van der Waals surface area (Å²) in [5.41, 5.74) is 1.85. The molecule has 3 heterocycles. The molecule has 0 bridgehead atoms. The monoisotopic (exact) mass is 602 g/mol. The maximum atomic E-state index is 11.3. The number of halogens is 2. The fourth-order valence-electron chi connectivity index (χ4n) is 5.39. The summed E-state index contributed by atoms with van der Waals surface area (Å²) in [7, 11) is 0. The molecule has 0 spiro atoms. The van der Waals surface area contributed by atoms with Crippen molar-refractivity contribution < 1.29 is 24.1 Å². The van der Waals surface area contributed by atoms with Crippen LogP contribution < -0.4 is 9.64 Å². The van der Waals surface area contributed by atoms with E-state index in [1.807, 2.05) is 35.9 Å². The molecule has 2 saturated heterocycles. The molecule has 220 valence electrons. The molecule has 0 saturated carbocycles. The van der Waals surface area contributed by atoms with Crippen LogP contribution >= 0.6 is 23.2 Å². The van der Waals surface area contributed by atoms with Gasteiger partial charge in [0, 0.05) is 54.8 Å². The van der Waals surface area contributed by atoms with Crippen LogP contribution in [0, 0.1) is 5.92 Å². The predicted molar refractivity (Wildman–Crippen MR) is 158 cm³/mol. The highest BCUT2D eigenvalue weighted by Gasteiger charge is 2.45. The number of aromatic nitrogens is 2. The van der Waals surface area contributed by atoms with Crippen LogP contribution in [0.25, 0.3) is 0 Å². The second-order valence-electron chi connectivity index (χ2n) is 10.5. The van der Waals surface area contributed by atoms with E-state index in [4.69, 9.17) is 37.4 Å². The Labute approximate surface area is 250 Å². The number of carboxylic acids is 1. The Bertz CT molecular complexity index is 1280. The molecule has 0 radical (unpaired) electrons. The van der Waals surface area contributed by atoms with E-state index in [-0.39, 0.29) is 12.0 Å². The summed E-state index contributed by atoms with van der Waals surface area (Å²) in [6, 6.07) is 13.4. The maximum Gasteiger partial charge on any atom is 0.306 e. The fraction of sp³-hybridized carbons (Fsp3) is 0.467. The molecule has 2 aliphatic rings. The number of carboxylic acid groups (broad SMARTS) is 1. The minimum atomic E-state index is -1.09. The van der Waals surface area contributed by atoms with Crippen molar-refractivity contribution in [2.24, 2.45) is 5.92 Å². The van der Waals surface area contributed by atoms with Gasteiger partial charge in [-0.3, -0.25) is 9.69 Å². The van der Waals surface area contributed by atoms with E-state index in [1.165, 1.54) is 0 Å². The summed E-state index contributed by atoms with van der Waals surface area (Å²) in [5.74, 6) is -1.29. The third kappa shape index (κ3) is 7.34. The number of ether oxygens (including phenoxy) is 3. The third-order valence-corrected chi connectivity index (χ3v) is 8.34. The molecule has 0 aliphatic carbocycles. The van der Waals surface area contributed by atoms with Gasteiger partial charge in [-0.05, 0) is 55.8 Å². The lowest BCUT2D eigenvalue weighted by atomic mass is 10.0. The zero-order valence-electron chi connectivity index (χ0n) is 23.1. The number of carbonyl (C=O) groups is 1.